The number of aliphatic carboxylic acids is 1. The molecule has 7 heteroatoms. The molecular formula is C12H13N3O4. The molecule has 0 spiro atoms. The Bertz CT molecular complexity index is 570. The molecule has 0 aliphatic carbocycles. The Balaban J connectivity index is 2.24. The summed E-state index contributed by atoms with van der Waals surface area (Å²) < 4.78 is 0. The van der Waals surface area contributed by atoms with E-state index in [1.807, 2.05) is 0 Å². The van der Waals surface area contributed by atoms with Gasteiger partial charge in [-0.05, 0) is 23.8 Å². The van der Waals surface area contributed by atoms with E-state index < -0.39 is 30.2 Å². The molecule has 1 aromatic carbocycles. The number of anilines is 2. The summed E-state index contributed by atoms with van der Waals surface area (Å²) in [6.07, 6.45) is -0.348. The highest BCUT2D eigenvalue weighted by Crippen LogP contribution is 2.31. The number of imide groups is 1. The number of amides is 2. The minimum absolute atomic E-state index is 0.0778. The highest BCUT2D eigenvalue weighted by atomic mass is 16.4. The number of carboxylic acid groups (broad SMARTS) is 1. The van der Waals surface area contributed by atoms with Crippen LogP contribution in [0.15, 0.2) is 18.2 Å². The van der Waals surface area contributed by atoms with Gasteiger partial charge in [0, 0.05) is 5.69 Å². The van der Waals surface area contributed by atoms with Crippen molar-refractivity contribution in [1.29, 1.82) is 0 Å². The van der Waals surface area contributed by atoms with Gasteiger partial charge in [-0.1, -0.05) is 0 Å². The molecule has 1 aliphatic rings. The monoisotopic (exact) mass is 263 g/mol. The van der Waals surface area contributed by atoms with Crippen molar-refractivity contribution < 1.29 is 19.5 Å². The number of carbonyl (C=O) groups is 3. The Labute approximate surface area is 108 Å². The van der Waals surface area contributed by atoms with E-state index >= 15 is 0 Å². The fraction of sp³-hybridized carbons (Fsp3) is 0.250. The van der Waals surface area contributed by atoms with Gasteiger partial charge in [0.2, 0.25) is 11.8 Å². The van der Waals surface area contributed by atoms with Crippen molar-refractivity contribution in [1.82, 2.24) is 0 Å². The van der Waals surface area contributed by atoms with Crippen LogP contribution >= 0.6 is 0 Å². The third kappa shape index (κ3) is 2.41. The molecule has 2 rings (SSSR count). The molecule has 2 amide bonds. The van der Waals surface area contributed by atoms with Crippen molar-refractivity contribution in [2.45, 2.75) is 18.9 Å². The van der Waals surface area contributed by atoms with Crippen molar-refractivity contribution in [2.24, 2.45) is 5.73 Å². The number of fused-ring (bicyclic) bond motifs is 1. The molecule has 0 fully saturated rings. The SMILES string of the molecule is Nc1ccc2c(c1)CC(=O)N2C(=O)CC(N)C(=O)O. The van der Waals surface area contributed by atoms with Crippen LogP contribution in [0.2, 0.25) is 0 Å². The van der Waals surface area contributed by atoms with Crippen molar-refractivity contribution >= 4 is 29.2 Å². The number of nitrogens with zero attached hydrogens (tertiary/aromatic N) is 1. The first-order chi connectivity index (χ1) is 8.90. The highest BCUT2D eigenvalue weighted by Gasteiger charge is 2.33. The second-order valence-corrected chi connectivity index (χ2v) is 4.34. The number of carbonyl (C=O) groups excluding carboxylic acids is 2. The van der Waals surface area contributed by atoms with Gasteiger partial charge < -0.3 is 16.6 Å². The van der Waals surface area contributed by atoms with Gasteiger partial charge in [-0.3, -0.25) is 14.4 Å². The molecule has 0 bridgehead atoms. The number of rotatable bonds is 3. The van der Waals surface area contributed by atoms with Gasteiger partial charge >= 0.3 is 5.97 Å². The van der Waals surface area contributed by atoms with Crippen LogP contribution in [0.5, 0.6) is 0 Å². The smallest absolute Gasteiger partial charge is 0.321 e. The largest absolute Gasteiger partial charge is 0.480 e. The molecular weight excluding hydrogens is 250 g/mol. The molecule has 1 unspecified atom stereocenters. The number of nitrogens with two attached hydrogens (primary N) is 2. The van der Waals surface area contributed by atoms with Gasteiger partial charge in [0.25, 0.3) is 0 Å². The summed E-state index contributed by atoms with van der Waals surface area (Å²) in [6.45, 7) is 0. The maximum Gasteiger partial charge on any atom is 0.321 e. The topological polar surface area (TPSA) is 127 Å². The molecule has 0 radical (unpaired) electrons. The summed E-state index contributed by atoms with van der Waals surface area (Å²) in [7, 11) is 0. The van der Waals surface area contributed by atoms with Crippen LogP contribution in [0.25, 0.3) is 0 Å². The summed E-state index contributed by atoms with van der Waals surface area (Å²) >= 11 is 0. The summed E-state index contributed by atoms with van der Waals surface area (Å²) in [5, 5.41) is 8.67. The number of nitrogen functional groups attached to an aromatic ring is 1. The van der Waals surface area contributed by atoms with Crippen LogP contribution in [-0.2, 0) is 20.8 Å². The van der Waals surface area contributed by atoms with Gasteiger partial charge in [0.05, 0.1) is 18.5 Å². The minimum atomic E-state index is -1.32. The second kappa shape index (κ2) is 4.69. The number of carboxylic acids is 1. The minimum Gasteiger partial charge on any atom is -0.480 e. The van der Waals surface area contributed by atoms with Crippen molar-refractivity contribution in [3.05, 3.63) is 23.8 Å². The Morgan fingerprint density at radius 2 is 2.11 bits per heavy atom. The van der Waals surface area contributed by atoms with E-state index in [1.165, 1.54) is 0 Å². The first-order valence-corrected chi connectivity index (χ1v) is 5.62. The van der Waals surface area contributed by atoms with Crippen LogP contribution in [0.4, 0.5) is 11.4 Å². The zero-order chi connectivity index (χ0) is 14.2. The predicted molar refractivity (Wildman–Crippen MR) is 67.3 cm³/mol. The van der Waals surface area contributed by atoms with Crippen LogP contribution in [0.1, 0.15) is 12.0 Å². The van der Waals surface area contributed by atoms with Crippen LogP contribution < -0.4 is 16.4 Å². The Morgan fingerprint density at radius 3 is 2.74 bits per heavy atom. The summed E-state index contributed by atoms with van der Waals surface area (Å²) in [5.74, 6) is -2.30. The quantitative estimate of drug-likeness (QED) is 0.630. The number of hydrogen-bond donors (Lipinski definition) is 3. The molecule has 1 heterocycles. The van der Waals surface area contributed by atoms with E-state index in [0.717, 1.165) is 4.90 Å². The van der Waals surface area contributed by atoms with E-state index in [2.05, 4.69) is 0 Å². The molecule has 19 heavy (non-hydrogen) atoms. The first kappa shape index (κ1) is 13.0. The Hall–Kier alpha value is -2.41. The Morgan fingerprint density at radius 1 is 1.42 bits per heavy atom. The standard InChI is InChI=1S/C12H13N3O4/c13-7-1-2-9-6(3-7)4-10(16)15(9)11(17)5-8(14)12(18)19/h1-3,8H,4-5,13-14H2,(H,18,19). The average Bonchev–Trinajstić information content (AvgIpc) is 2.63. The maximum absolute atomic E-state index is 11.9. The molecule has 100 valence electrons. The summed E-state index contributed by atoms with van der Waals surface area (Å²) in [5.41, 5.74) is 12.5. The van der Waals surface area contributed by atoms with Crippen molar-refractivity contribution in [3.8, 4) is 0 Å². The van der Waals surface area contributed by atoms with Crippen molar-refractivity contribution in [3.63, 3.8) is 0 Å². The lowest BCUT2D eigenvalue weighted by molar-refractivity contribution is -0.140. The third-order valence-corrected chi connectivity index (χ3v) is 2.90. The molecule has 1 aliphatic heterocycles. The highest BCUT2D eigenvalue weighted by molar-refractivity contribution is 6.19. The number of hydrogen-bond acceptors (Lipinski definition) is 5. The fourth-order valence-electron chi connectivity index (χ4n) is 1.98. The van der Waals surface area contributed by atoms with Gasteiger partial charge in [-0.15, -0.1) is 0 Å². The zero-order valence-corrected chi connectivity index (χ0v) is 10.00. The van der Waals surface area contributed by atoms with Gasteiger partial charge in [-0.2, -0.15) is 0 Å². The third-order valence-electron chi connectivity index (χ3n) is 2.90. The van der Waals surface area contributed by atoms with E-state index in [4.69, 9.17) is 16.6 Å². The van der Waals surface area contributed by atoms with E-state index in [-0.39, 0.29) is 6.42 Å². The Kier molecular flexibility index (Phi) is 3.22. The molecule has 1 aromatic rings. The fourth-order valence-corrected chi connectivity index (χ4v) is 1.98. The van der Waals surface area contributed by atoms with Crippen LogP contribution in [0.3, 0.4) is 0 Å². The molecule has 1 atom stereocenters. The van der Waals surface area contributed by atoms with Crippen LogP contribution in [0, 0.1) is 0 Å². The summed E-state index contributed by atoms with van der Waals surface area (Å²) in [4.78, 5) is 35.4. The van der Waals surface area contributed by atoms with Gasteiger partial charge in [0.1, 0.15) is 6.04 Å². The van der Waals surface area contributed by atoms with E-state index in [9.17, 15) is 14.4 Å². The molecule has 0 aromatic heterocycles. The van der Waals surface area contributed by atoms with Gasteiger partial charge in [0.15, 0.2) is 0 Å². The van der Waals surface area contributed by atoms with Gasteiger partial charge in [-0.25, -0.2) is 4.90 Å². The van der Waals surface area contributed by atoms with Crippen molar-refractivity contribution in [2.75, 3.05) is 10.6 Å². The van der Waals surface area contributed by atoms with E-state index in [0.29, 0.717) is 16.9 Å². The zero-order valence-electron chi connectivity index (χ0n) is 10.00. The predicted octanol–water partition coefficient (Wildman–Crippen LogP) is -0.514. The normalized spacial score (nSPS) is 15.2. The maximum atomic E-state index is 11.9. The summed E-state index contributed by atoms with van der Waals surface area (Å²) in [6, 6.07) is 3.45. The lowest BCUT2D eigenvalue weighted by Crippen LogP contribution is -2.40. The lowest BCUT2D eigenvalue weighted by atomic mass is 10.1. The first-order valence-electron chi connectivity index (χ1n) is 5.62. The van der Waals surface area contributed by atoms with E-state index in [1.54, 1.807) is 18.2 Å². The lowest BCUT2D eigenvalue weighted by Gasteiger charge is -2.16. The second-order valence-electron chi connectivity index (χ2n) is 4.34. The molecule has 0 saturated carbocycles. The average molecular weight is 263 g/mol. The molecule has 7 nitrogen and oxygen atoms in total. The molecule has 5 N–H and O–H groups in total. The molecule has 0 saturated heterocycles. The number of benzene rings is 1. The van der Waals surface area contributed by atoms with Crippen LogP contribution in [-0.4, -0.2) is 28.9 Å².